The Morgan fingerprint density at radius 3 is 2.61 bits per heavy atom. The molecule has 1 N–H and O–H groups in total. The van der Waals surface area contributed by atoms with Crippen LogP contribution in [0.1, 0.15) is 45.4 Å². The summed E-state index contributed by atoms with van der Waals surface area (Å²) in [5, 5.41) is 3.96. The summed E-state index contributed by atoms with van der Waals surface area (Å²) in [5.41, 5.74) is 0.927. The Labute approximate surface area is 116 Å². The van der Waals surface area contributed by atoms with Crippen LogP contribution in [-0.2, 0) is 0 Å². The number of rotatable bonds is 4. The first-order chi connectivity index (χ1) is 8.69. The van der Waals surface area contributed by atoms with Crippen LogP contribution in [0.2, 0.25) is 0 Å². The minimum atomic E-state index is 0.448. The molecule has 18 heavy (non-hydrogen) atoms. The highest BCUT2D eigenvalue weighted by atomic mass is 32.2. The highest BCUT2D eigenvalue weighted by molar-refractivity contribution is 7.98. The molecule has 0 amide bonds. The van der Waals surface area contributed by atoms with E-state index in [-0.39, 0.29) is 0 Å². The van der Waals surface area contributed by atoms with Crippen LogP contribution < -0.4 is 5.32 Å². The molecular weight excluding hydrogens is 240 g/mol. The van der Waals surface area contributed by atoms with Gasteiger partial charge >= 0.3 is 0 Å². The van der Waals surface area contributed by atoms with Crippen molar-refractivity contribution in [2.75, 3.05) is 31.6 Å². The zero-order valence-electron chi connectivity index (χ0n) is 12.0. The van der Waals surface area contributed by atoms with Gasteiger partial charge in [0, 0.05) is 36.5 Å². The quantitative estimate of drug-likeness (QED) is 0.844. The summed E-state index contributed by atoms with van der Waals surface area (Å²) in [6.45, 7) is 6.34. The lowest BCUT2D eigenvalue weighted by Crippen LogP contribution is -2.69. The second-order valence-electron chi connectivity index (χ2n) is 6.89. The molecule has 1 unspecified atom stereocenters. The van der Waals surface area contributed by atoms with Crippen LogP contribution >= 0.6 is 11.8 Å². The molecule has 0 aromatic rings. The van der Waals surface area contributed by atoms with E-state index >= 15 is 0 Å². The molecule has 3 rings (SSSR count). The van der Waals surface area contributed by atoms with Crippen molar-refractivity contribution in [3.8, 4) is 0 Å². The average Bonchev–Trinajstić information content (AvgIpc) is 3.14. The summed E-state index contributed by atoms with van der Waals surface area (Å²) < 4.78 is 0. The lowest BCUT2D eigenvalue weighted by Gasteiger charge is -2.53. The topological polar surface area (TPSA) is 15.3 Å². The lowest BCUT2D eigenvalue weighted by atomic mass is 9.83. The molecular formula is C15H28N2S. The largest absolute Gasteiger partial charge is 0.308 e. The fourth-order valence-corrected chi connectivity index (χ4v) is 4.51. The SMILES string of the molecule is CSCCN1CC2(CCCC2)NCC1(C)C1CC1. The monoisotopic (exact) mass is 268 g/mol. The molecule has 1 heterocycles. The Kier molecular flexibility index (Phi) is 3.68. The number of hydrogen-bond acceptors (Lipinski definition) is 3. The van der Waals surface area contributed by atoms with Crippen LogP contribution in [0.5, 0.6) is 0 Å². The number of hydrogen-bond donors (Lipinski definition) is 1. The summed E-state index contributed by atoms with van der Waals surface area (Å²) in [5.74, 6) is 2.25. The van der Waals surface area contributed by atoms with Crippen LogP contribution in [0.15, 0.2) is 0 Å². The minimum Gasteiger partial charge on any atom is -0.308 e. The molecule has 1 atom stereocenters. The van der Waals surface area contributed by atoms with Gasteiger partial charge in [-0.15, -0.1) is 0 Å². The van der Waals surface area contributed by atoms with Crippen molar-refractivity contribution in [1.82, 2.24) is 10.2 Å². The van der Waals surface area contributed by atoms with E-state index in [0.717, 1.165) is 5.92 Å². The third-order valence-corrected chi connectivity index (χ3v) is 6.21. The number of piperazine rings is 1. The molecule has 3 fully saturated rings. The second-order valence-corrected chi connectivity index (χ2v) is 7.87. The zero-order valence-corrected chi connectivity index (χ0v) is 12.8. The predicted molar refractivity (Wildman–Crippen MR) is 80.3 cm³/mol. The number of nitrogens with one attached hydrogen (secondary N) is 1. The van der Waals surface area contributed by atoms with Crippen LogP contribution in [-0.4, -0.2) is 47.6 Å². The highest BCUT2D eigenvalue weighted by Crippen LogP contribution is 2.46. The van der Waals surface area contributed by atoms with Gasteiger partial charge in [0.1, 0.15) is 0 Å². The van der Waals surface area contributed by atoms with Gasteiger partial charge in [-0.2, -0.15) is 11.8 Å². The van der Waals surface area contributed by atoms with Crippen molar-refractivity contribution in [2.45, 2.75) is 56.5 Å². The normalized spacial score (nSPS) is 36.3. The number of thioether (sulfide) groups is 1. The Morgan fingerprint density at radius 2 is 2.00 bits per heavy atom. The maximum atomic E-state index is 3.96. The average molecular weight is 268 g/mol. The lowest BCUT2D eigenvalue weighted by molar-refractivity contribution is 0.00771. The van der Waals surface area contributed by atoms with E-state index in [4.69, 9.17) is 0 Å². The number of nitrogens with zero attached hydrogens (tertiary/aromatic N) is 1. The Bertz CT molecular complexity index is 297. The summed E-state index contributed by atoms with van der Waals surface area (Å²) in [6.07, 6.45) is 10.8. The fourth-order valence-electron chi connectivity index (χ4n) is 4.11. The highest BCUT2D eigenvalue weighted by Gasteiger charge is 2.52. The van der Waals surface area contributed by atoms with Crippen molar-refractivity contribution < 1.29 is 0 Å². The molecule has 2 aliphatic carbocycles. The fraction of sp³-hybridized carbons (Fsp3) is 1.00. The van der Waals surface area contributed by atoms with Gasteiger partial charge < -0.3 is 5.32 Å². The second kappa shape index (κ2) is 4.99. The molecule has 1 aliphatic heterocycles. The van der Waals surface area contributed by atoms with Gasteiger partial charge in [-0.05, 0) is 44.8 Å². The maximum absolute atomic E-state index is 3.96. The summed E-state index contributed by atoms with van der Waals surface area (Å²) in [4.78, 5) is 2.85. The first-order valence-electron chi connectivity index (χ1n) is 7.68. The summed E-state index contributed by atoms with van der Waals surface area (Å²) in [6, 6.07) is 0. The zero-order chi connectivity index (χ0) is 12.6. The predicted octanol–water partition coefficient (Wildman–Crippen LogP) is 2.74. The van der Waals surface area contributed by atoms with E-state index in [0.29, 0.717) is 11.1 Å². The van der Waals surface area contributed by atoms with Crippen molar-refractivity contribution in [3.63, 3.8) is 0 Å². The van der Waals surface area contributed by atoms with Gasteiger partial charge in [0.2, 0.25) is 0 Å². The maximum Gasteiger partial charge on any atom is 0.0335 e. The van der Waals surface area contributed by atoms with Gasteiger partial charge in [-0.1, -0.05) is 12.8 Å². The van der Waals surface area contributed by atoms with Crippen LogP contribution in [0.25, 0.3) is 0 Å². The summed E-state index contributed by atoms with van der Waals surface area (Å²) >= 11 is 2.00. The van der Waals surface area contributed by atoms with Crippen LogP contribution in [0.3, 0.4) is 0 Å². The molecule has 0 radical (unpaired) electrons. The van der Waals surface area contributed by atoms with Crippen molar-refractivity contribution in [2.24, 2.45) is 5.92 Å². The smallest absolute Gasteiger partial charge is 0.0335 e. The molecule has 1 saturated heterocycles. The molecule has 2 nitrogen and oxygen atoms in total. The van der Waals surface area contributed by atoms with E-state index in [9.17, 15) is 0 Å². The molecule has 2 saturated carbocycles. The van der Waals surface area contributed by atoms with E-state index in [1.807, 2.05) is 11.8 Å². The van der Waals surface area contributed by atoms with Gasteiger partial charge in [0.25, 0.3) is 0 Å². The molecule has 104 valence electrons. The van der Waals surface area contributed by atoms with Crippen molar-refractivity contribution >= 4 is 11.8 Å². The molecule has 3 heteroatoms. The van der Waals surface area contributed by atoms with Gasteiger partial charge in [-0.25, -0.2) is 0 Å². The van der Waals surface area contributed by atoms with Crippen LogP contribution in [0.4, 0.5) is 0 Å². The Morgan fingerprint density at radius 1 is 1.28 bits per heavy atom. The van der Waals surface area contributed by atoms with Gasteiger partial charge in [-0.3, -0.25) is 4.90 Å². The van der Waals surface area contributed by atoms with Crippen molar-refractivity contribution in [1.29, 1.82) is 0 Å². The first-order valence-corrected chi connectivity index (χ1v) is 9.07. The van der Waals surface area contributed by atoms with E-state index in [2.05, 4.69) is 23.4 Å². The summed E-state index contributed by atoms with van der Waals surface area (Å²) in [7, 11) is 0. The first kappa shape index (κ1) is 13.3. The Balaban J connectivity index is 1.72. The molecule has 1 spiro atoms. The Hall–Kier alpha value is 0.270. The molecule has 3 aliphatic rings. The van der Waals surface area contributed by atoms with Gasteiger partial charge in [0.15, 0.2) is 0 Å². The van der Waals surface area contributed by atoms with E-state index < -0.39 is 0 Å². The van der Waals surface area contributed by atoms with E-state index in [1.165, 1.54) is 63.9 Å². The van der Waals surface area contributed by atoms with E-state index in [1.54, 1.807) is 0 Å². The molecule has 0 aromatic carbocycles. The van der Waals surface area contributed by atoms with Gasteiger partial charge in [0.05, 0.1) is 0 Å². The minimum absolute atomic E-state index is 0.448. The molecule has 0 bridgehead atoms. The van der Waals surface area contributed by atoms with Crippen LogP contribution in [0, 0.1) is 5.92 Å². The standard InChI is InChI=1S/C15H28N2S/c1-14(13-5-6-13)11-16-15(7-3-4-8-15)12-17(14)9-10-18-2/h13,16H,3-12H2,1-2H3. The molecule has 0 aromatic heterocycles. The van der Waals surface area contributed by atoms with Crippen molar-refractivity contribution in [3.05, 3.63) is 0 Å². The third kappa shape index (κ3) is 2.34. The third-order valence-electron chi connectivity index (χ3n) is 5.62.